The molecule has 0 saturated heterocycles. The van der Waals surface area contributed by atoms with E-state index in [9.17, 15) is 0 Å². The third-order valence-electron chi connectivity index (χ3n) is 3.58. The van der Waals surface area contributed by atoms with Gasteiger partial charge in [0, 0.05) is 23.7 Å². The molecule has 0 aliphatic heterocycles. The first-order valence-corrected chi connectivity index (χ1v) is 7.16. The van der Waals surface area contributed by atoms with Gasteiger partial charge in [0.1, 0.15) is 0 Å². The SMILES string of the molecule is CCOCC(C)NC1CC(c2ccccc2Cl)C1. The van der Waals surface area contributed by atoms with Crippen LogP contribution in [0, 0.1) is 0 Å². The van der Waals surface area contributed by atoms with Gasteiger partial charge in [-0.25, -0.2) is 0 Å². The van der Waals surface area contributed by atoms with Crippen LogP contribution in [0.2, 0.25) is 5.02 Å². The molecule has 1 N–H and O–H groups in total. The normalized spacial score (nSPS) is 24.6. The summed E-state index contributed by atoms with van der Waals surface area (Å²) in [6.07, 6.45) is 2.36. The van der Waals surface area contributed by atoms with Gasteiger partial charge in [0.25, 0.3) is 0 Å². The number of nitrogens with one attached hydrogen (secondary N) is 1. The zero-order chi connectivity index (χ0) is 13.0. The van der Waals surface area contributed by atoms with Gasteiger partial charge < -0.3 is 10.1 Å². The fraction of sp³-hybridized carbons (Fsp3) is 0.600. The molecule has 0 amide bonds. The van der Waals surface area contributed by atoms with Crippen LogP contribution in [0.3, 0.4) is 0 Å². The molecule has 18 heavy (non-hydrogen) atoms. The highest BCUT2D eigenvalue weighted by molar-refractivity contribution is 6.31. The minimum absolute atomic E-state index is 0.433. The van der Waals surface area contributed by atoms with Crippen molar-refractivity contribution in [1.82, 2.24) is 5.32 Å². The molecule has 2 rings (SSSR count). The molecule has 0 bridgehead atoms. The Kier molecular flexibility index (Phi) is 5.04. The van der Waals surface area contributed by atoms with Gasteiger partial charge in [0.15, 0.2) is 0 Å². The molecule has 1 aromatic carbocycles. The van der Waals surface area contributed by atoms with Crippen molar-refractivity contribution in [1.29, 1.82) is 0 Å². The van der Waals surface area contributed by atoms with E-state index in [1.165, 1.54) is 18.4 Å². The maximum absolute atomic E-state index is 6.21. The maximum atomic E-state index is 6.21. The first-order valence-electron chi connectivity index (χ1n) is 6.79. The Bertz CT molecular complexity index is 377. The number of hydrogen-bond acceptors (Lipinski definition) is 2. The van der Waals surface area contributed by atoms with Crippen molar-refractivity contribution in [3.63, 3.8) is 0 Å². The van der Waals surface area contributed by atoms with E-state index in [1.54, 1.807) is 0 Å². The van der Waals surface area contributed by atoms with Crippen molar-refractivity contribution < 1.29 is 4.74 Å². The van der Waals surface area contributed by atoms with Gasteiger partial charge in [0.05, 0.1) is 6.61 Å². The zero-order valence-corrected chi connectivity index (χ0v) is 11.9. The molecule has 3 heteroatoms. The van der Waals surface area contributed by atoms with Crippen molar-refractivity contribution in [3.05, 3.63) is 34.9 Å². The number of halogens is 1. The summed E-state index contributed by atoms with van der Waals surface area (Å²) >= 11 is 6.21. The Hall–Kier alpha value is -0.570. The smallest absolute Gasteiger partial charge is 0.0616 e. The number of hydrogen-bond donors (Lipinski definition) is 1. The highest BCUT2D eigenvalue weighted by Gasteiger charge is 2.31. The van der Waals surface area contributed by atoms with Crippen LogP contribution in [-0.4, -0.2) is 25.3 Å². The number of ether oxygens (including phenoxy) is 1. The quantitative estimate of drug-likeness (QED) is 0.850. The monoisotopic (exact) mass is 267 g/mol. The van der Waals surface area contributed by atoms with E-state index in [4.69, 9.17) is 16.3 Å². The van der Waals surface area contributed by atoms with Crippen molar-refractivity contribution in [3.8, 4) is 0 Å². The first-order chi connectivity index (χ1) is 8.70. The lowest BCUT2D eigenvalue weighted by atomic mass is 9.75. The molecule has 1 aromatic rings. The third-order valence-corrected chi connectivity index (χ3v) is 3.92. The molecule has 1 unspecified atom stereocenters. The maximum Gasteiger partial charge on any atom is 0.0616 e. The number of benzene rings is 1. The lowest BCUT2D eigenvalue weighted by Gasteiger charge is -2.38. The van der Waals surface area contributed by atoms with Crippen molar-refractivity contribution in [2.75, 3.05) is 13.2 Å². The minimum Gasteiger partial charge on any atom is -0.380 e. The summed E-state index contributed by atoms with van der Waals surface area (Å²) in [5, 5.41) is 4.51. The zero-order valence-electron chi connectivity index (χ0n) is 11.2. The Labute approximate surface area is 115 Å². The van der Waals surface area contributed by atoms with Gasteiger partial charge in [-0.3, -0.25) is 0 Å². The third kappa shape index (κ3) is 3.47. The lowest BCUT2D eigenvalue weighted by Crippen LogP contribution is -2.46. The topological polar surface area (TPSA) is 21.3 Å². The van der Waals surface area contributed by atoms with Gasteiger partial charge in [0.2, 0.25) is 0 Å². The molecule has 1 aliphatic carbocycles. The fourth-order valence-corrected chi connectivity index (χ4v) is 2.85. The first kappa shape index (κ1) is 13.9. The van der Waals surface area contributed by atoms with Crippen molar-refractivity contribution in [2.45, 2.75) is 44.7 Å². The molecular weight excluding hydrogens is 246 g/mol. The number of rotatable bonds is 6. The van der Waals surface area contributed by atoms with Gasteiger partial charge >= 0.3 is 0 Å². The minimum atomic E-state index is 0.433. The van der Waals surface area contributed by atoms with Crippen LogP contribution in [0.25, 0.3) is 0 Å². The fourth-order valence-electron chi connectivity index (χ4n) is 2.56. The van der Waals surface area contributed by atoms with Crippen LogP contribution >= 0.6 is 11.6 Å². The van der Waals surface area contributed by atoms with Crippen LogP contribution in [0.1, 0.15) is 38.2 Å². The van der Waals surface area contributed by atoms with Crippen LogP contribution in [0.4, 0.5) is 0 Å². The molecule has 1 saturated carbocycles. The molecule has 1 atom stereocenters. The average molecular weight is 268 g/mol. The van der Waals surface area contributed by atoms with Crippen molar-refractivity contribution in [2.24, 2.45) is 0 Å². The standard InChI is InChI=1S/C15H22ClNO/c1-3-18-10-11(2)17-13-8-12(9-13)14-6-4-5-7-15(14)16/h4-7,11-13,17H,3,8-10H2,1-2H3. The highest BCUT2D eigenvalue weighted by atomic mass is 35.5. The molecule has 0 radical (unpaired) electrons. The van der Waals surface area contributed by atoms with Gasteiger partial charge in [-0.05, 0) is 44.2 Å². The summed E-state index contributed by atoms with van der Waals surface area (Å²) in [4.78, 5) is 0. The van der Waals surface area contributed by atoms with Gasteiger partial charge in [-0.1, -0.05) is 29.8 Å². The van der Waals surface area contributed by atoms with Crippen LogP contribution in [-0.2, 0) is 4.74 Å². The molecule has 0 heterocycles. The summed E-state index contributed by atoms with van der Waals surface area (Å²) < 4.78 is 5.41. The van der Waals surface area contributed by atoms with E-state index < -0.39 is 0 Å². The summed E-state index contributed by atoms with van der Waals surface area (Å²) in [6.45, 7) is 5.80. The molecule has 1 fully saturated rings. The second-order valence-electron chi connectivity index (χ2n) is 5.11. The van der Waals surface area contributed by atoms with Gasteiger partial charge in [-0.15, -0.1) is 0 Å². The molecule has 100 valence electrons. The Morgan fingerprint density at radius 2 is 2.11 bits per heavy atom. The van der Waals surface area contributed by atoms with E-state index in [0.29, 0.717) is 18.0 Å². The highest BCUT2D eigenvalue weighted by Crippen LogP contribution is 2.39. The Morgan fingerprint density at radius 3 is 2.78 bits per heavy atom. The molecular formula is C15H22ClNO. The van der Waals surface area contributed by atoms with Crippen LogP contribution in [0.5, 0.6) is 0 Å². The van der Waals surface area contributed by atoms with E-state index >= 15 is 0 Å². The second kappa shape index (κ2) is 6.55. The predicted octanol–water partition coefficient (Wildman–Crippen LogP) is 3.60. The summed E-state index contributed by atoms with van der Waals surface area (Å²) in [6, 6.07) is 9.23. The van der Waals surface area contributed by atoms with E-state index in [0.717, 1.165) is 18.2 Å². The largest absolute Gasteiger partial charge is 0.380 e. The Morgan fingerprint density at radius 1 is 1.39 bits per heavy atom. The van der Waals surface area contributed by atoms with E-state index in [-0.39, 0.29) is 0 Å². The van der Waals surface area contributed by atoms with Gasteiger partial charge in [-0.2, -0.15) is 0 Å². The van der Waals surface area contributed by atoms with E-state index in [1.807, 2.05) is 19.1 Å². The van der Waals surface area contributed by atoms with Crippen LogP contribution < -0.4 is 5.32 Å². The lowest BCUT2D eigenvalue weighted by molar-refractivity contribution is 0.115. The summed E-state index contributed by atoms with van der Waals surface area (Å²) in [7, 11) is 0. The predicted molar refractivity (Wildman–Crippen MR) is 76.3 cm³/mol. The summed E-state index contributed by atoms with van der Waals surface area (Å²) in [5.74, 6) is 0.621. The summed E-state index contributed by atoms with van der Waals surface area (Å²) in [5.41, 5.74) is 1.30. The Balaban J connectivity index is 1.75. The molecule has 0 spiro atoms. The van der Waals surface area contributed by atoms with E-state index in [2.05, 4.69) is 24.4 Å². The molecule has 0 aromatic heterocycles. The molecule has 2 nitrogen and oxygen atoms in total. The van der Waals surface area contributed by atoms with Crippen molar-refractivity contribution >= 4 is 11.6 Å². The second-order valence-corrected chi connectivity index (χ2v) is 5.52. The molecule has 1 aliphatic rings. The van der Waals surface area contributed by atoms with Crippen LogP contribution in [0.15, 0.2) is 24.3 Å². The average Bonchev–Trinajstić information content (AvgIpc) is 2.32.